The molecule has 4 aromatic rings. The number of ether oxygens (including phenoxy) is 4. The van der Waals surface area contributed by atoms with Gasteiger partial charge in [0.15, 0.2) is 6.23 Å². The van der Waals surface area contributed by atoms with Crippen LogP contribution in [0, 0.1) is 0 Å². The maximum absolute atomic E-state index is 12.7. The van der Waals surface area contributed by atoms with Crippen LogP contribution in [0.5, 0.6) is 11.5 Å². The van der Waals surface area contributed by atoms with E-state index >= 15 is 0 Å². The Labute approximate surface area is 249 Å². The van der Waals surface area contributed by atoms with E-state index in [2.05, 4.69) is 10.3 Å². The van der Waals surface area contributed by atoms with Crippen LogP contribution in [0.2, 0.25) is 0 Å². The van der Waals surface area contributed by atoms with Gasteiger partial charge in [-0.25, -0.2) is 4.79 Å². The summed E-state index contributed by atoms with van der Waals surface area (Å²) in [5.74, 6) is 1.03. The summed E-state index contributed by atoms with van der Waals surface area (Å²) in [6.45, 7) is 0.106. The highest BCUT2D eigenvalue weighted by Crippen LogP contribution is 2.42. The minimum atomic E-state index is -1.18. The van der Waals surface area contributed by atoms with Crippen LogP contribution in [0.25, 0.3) is 0 Å². The fourth-order valence-corrected chi connectivity index (χ4v) is 4.73. The molecule has 43 heavy (non-hydrogen) atoms. The average molecular weight is 590 g/mol. The molecule has 0 bridgehead atoms. The highest BCUT2D eigenvalue weighted by Gasteiger charge is 2.39. The van der Waals surface area contributed by atoms with Crippen LogP contribution in [0.4, 0.5) is 5.82 Å². The van der Waals surface area contributed by atoms with Crippen molar-refractivity contribution in [3.8, 4) is 11.5 Å². The second-order valence-corrected chi connectivity index (χ2v) is 9.58. The Hall–Kier alpha value is -4.55. The van der Waals surface area contributed by atoms with E-state index < -0.39 is 36.8 Å². The lowest BCUT2D eigenvalue weighted by Crippen LogP contribution is -2.39. The van der Waals surface area contributed by atoms with Crippen molar-refractivity contribution in [2.75, 3.05) is 39.4 Å². The molecule has 0 aliphatic rings. The minimum Gasteiger partial charge on any atom is -0.497 e. The number of rotatable bonds is 14. The second kappa shape index (κ2) is 14.6. The van der Waals surface area contributed by atoms with Gasteiger partial charge in [-0.3, -0.25) is 9.36 Å². The minimum absolute atomic E-state index is 0.0686. The third kappa shape index (κ3) is 7.27. The van der Waals surface area contributed by atoms with E-state index in [0.717, 1.165) is 21.3 Å². The first-order valence-corrected chi connectivity index (χ1v) is 13.6. The molecular weight excluding hydrogens is 554 g/mol. The zero-order valence-electron chi connectivity index (χ0n) is 24.2. The molecule has 11 heteroatoms. The van der Waals surface area contributed by atoms with Gasteiger partial charge in [-0.05, 0) is 47.0 Å². The van der Waals surface area contributed by atoms with E-state index in [1.165, 1.54) is 19.2 Å². The monoisotopic (exact) mass is 589 g/mol. The van der Waals surface area contributed by atoms with Gasteiger partial charge in [0.05, 0.1) is 34.0 Å². The number of aliphatic hydroxyl groups excluding tert-OH is 2. The molecule has 3 aromatic carbocycles. The highest BCUT2D eigenvalue weighted by molar-refractivity contribution is 5.87. The number of methoxy groups -OCH3 is 2. The molecule has 3 N–H and O–H groups in total. The van der Waals surface area contributed by atoms with Crippen molar-refractivity contribution in [2.45, 2.75) is 24.9 Å². The summed E-state index contributed by atoms with van der Waals surface area (Å²) in [5, 5.41) is 22.8. The Morgan fingerprint density at radius 1 is 0.860 bits per heavy atom. The maximum atomic E-state index is 12.7. The second-order valence-electron chi connectivity index (χ2n) is 9.58. The van der Waals surface area contributed by atoms with Crippen molar-refractivity contribution in [1.29, 1.82) is 0 Å². The number of aliphatic hydroxyl groups is 2. The van der Waals surface area contributed by atoms with Gasteiger partial charge in [0.25, 0.3) is 0 Å². The molecule has 226 valence electrons. The van der Waals surface area contributed by atoms with Gasteiger partial charge in [0.2, 0.25) is 5.91 Å². The van der Waals surface area contributed by atoms with Crippen molar-refractivity contribution < 1.29 is 34.0 Å². The molecule has 0 unspecified atom stereocenters. The largest absolute Gasteiger partial charge is 0.497 e. The Morgan fingerprint density at radius 3 is 1.88 bits per heavy atom. The SMILES string of the molecule is COc1ccc(C(OC[C@H](CO)O[C@H](CO)n2ccc(NC(C)=O)nc2=O)(c2ccccc2)c2ccc(OC)cc2)cc1. The van der Waals surface area contributed by atoms with Crippen molar-refractivity contribution in [2.24, 2.45) is 0 Å². The predicted octanol–water partition coefficient (Wildman–Crippen LogP) is 3.10. The summed E-state index contributed by atoms with van der Waals surface area (Å²) in [6, 6.07) is 26.0. The molecular formula is C32H35N3O8. The molecule has 0 radical (unpaired) electrons. The Morgan fingerprint density at radius 2 is 1.42 bits per heavy atom. The van der Waals surface area contributed by atoms with Gasteiger partial charge in [-0.1, -0.05) is 54.6 Å². The van der Waals surface area contributed by atoms with Crippen LogP contribution in [-0.4, -0.2) is 65.8 Å². The Balaban J connectivity index is 1.71. The number of aromatic nitrogens is 2. The van der Waals surface area contributed by atoms with E-state index in [1.54, 1.807) is 14.2 Å². The topological polar surface area (TPSA) is 141 Å². The molecule has 1 amide bonds. The first-order chi connectivity index (χ1) is 20.8. The number of nitrogens with zero attached hydrogens (tertiary/aromatic N) is 2. The third-order valence-corrected chi connectivity index (χ3v) is 6.81. The zero-order valence-corrected chi connectivity index (χ0v) is 24.2. The standard InChI is InChI=1S/C32H35N3O8/c1-22(38)33-29-17-18-35(31(39)34-29)30(20-37)43-28(19-36)21-42-32(23-7-5-4-6-8-23,24-9-13-26(40-2)14-10-24)25-11-15-27(41-3)16-12-25/h4-18,28,30,36-37H,19-21H2,1-3H3,(H,33,34,38,39)/t28-,30+/m0/s1. The predicted molar refractivity (Wildman–Crippen MR) is 159 cm³/mol. The summed E-state index contributed by atoms with van der Waals surface area (Å²) in [4.78, 5) is 27.8. The van der Waals surface area contributed by atoms with Crippen molar-refractivity contribution >= 4 is 11.7 Å². The highest BCUT2D eigenvalue weighted by atomic mass is 16.6. The molecule has 1 heterocycles. The molecule has 0 fully saturated rings. The molecule has 11 nitrogen and oxygen atoms in total. The lowest BCUT2D eigenvalue weighted by Gasteiger charge is -2.37. The Bertz CT molecular complexity index is 1480. The van der Waals surface area contributed by atoms with Crippen LogP contribution in [0.1, 0.15) is 29.8 Å². The molecule has 2 atom stereocenters. The van der Waals surface area contributed by atoms with Crippen molar-refractivity contribution in [3.05, 3.63) is 118 Å². The molecule has 0 saturated carbocycles. The first-order valence-electron chi connectivity index (χ1n) is 13.6. The molecule has 0 saturated heterocycles. The fourth-order valence-electron chi connectivity index (χ4n) is 4.73. The number of carbonyl (C=O) groups excluding carboxylic acids is 1. The van der Waals surface area contributed by atoms with E-state index in [0.29, 0.717) is 11.5 Å². The van der Waals surface area contributed by atoms with Crippen LogP contribution in [0.15, 0.2) is 95.9 Å². The number of nitrogens with one attached hydrogen (secondary N) is 1. The normalized spacial score (nSPS) is 12.8. The number of anilines is 1. The Kier molecular flexibility index (Phi) is 10.6. The molecule has 0 spiro atoms. The van der Waals surface area contributed by atoms with Gasteiger partial charge < -0.3 is 34.5 Å². The van der Waals surface area contributed by atoms with E-state index in [-0.39, 0.29) is 18.3 Å². The lowest BCUT2D eigenvalue weighted by atomic mass is 9.80. The molecule has 0 aliphatic carbocycles. The van der Waals surface area contributed by atoms with E-state index in [9.17, 15) is 19.8 Å². The molecule has 4 rings (SSSR count). The first kappa shape index (κ1) is 31.4. The summed E-state index contributed by atoms with van der Waals surface area (Å²) in [5.41, 5.74) is 0.472. The fraction of sp³-hybridized carbons (Fsp3) is 0.281. The lowest BCUT2D eigenvalue weighted by molar-refractivity contribution is -0.138. The average Bonchev–Trinajstić information content (AvgIpc) is 3.04. The van der Waals surface area contributed by atoms with Gasteiger partial charge in [-0.2, -0.15) is 4.98 Å². The number of hydrogen-bond acceptors (Lipinski definition) is 9. The van der Waals surface area contributed by atoms with Crippen molar-refractivity contribution in [1.82, 2.24) is 9.55 Å². The van der Waals surface area contributed by atoms with Gasteiger partial charge >= 0.3 is 5.69 Å². The van der Waals surface area contributed by atoms with Crippen LogP contribution in [0.3, 0.4) is 0 Å². The zero-order chi connectivity index (χ0) is 30.8. The summed E-state index contributed by atoms with van der Waals surface area (Å²) in [6.07, 6.45) is -0.793. The number of benzene rings is 3. The van der Waals surface area contributed by atoms with Crippen LogP contribution in [-0.2, 0) is 19.9 Å². The van der Waals surface area contributed by atoms with E-state index in [1.807, 2.05) is 78.9 Å². The summed E-state index contributed by atoms with van der Waals surface area (Å²) >= 11 is 0. The van der Waals surface area contributed by atoms with Crippen LogP contribution >= 0.6 is 0 Å². The van der Waals surface area contributed by atoms with Gasteiger partial charge in [-0.15, -0.1) is 0 Å². The quantitative estimate of drug-likeness (QED) is 0.189. The summed E-state index contributed by atoms with van der Waals surface area (Å²) < 4.78 is 24.6. The van der Waals surface area contributed by atoms with Crippen LogP contribution < -0.4 is 20.5 Å². The third-order valence-electron chi connectivity index (χ3n) is 6.81. The van der Waals surface area contributed by atoms with E-state index in [4.69, 9.17) is 18.9 Å². The van der Waals surface area contributed by atoms with Gasteiger partial charge in [0, 0.05) is 13.1 Å². The number of amides is 1. The smallest absolute Gasteiger partial charge is 0.351 e. The van der Waals surface area contributed by atoms with Gasteiger partial charge in [0.1, 0.15) is 29.0 Å². The van der Waals surface area contributed by atoms with Crippen molar-refractivity contribution in [3.63, 3.8) is 0 Å². The maximum Gasteiger partial charge on any atom is 0.351 e. The molecule has 1 aromatic heterocycles. The number of carbonyl (C=O) groups is 1. The molecule has 0 aliphatic heterocycles. The summed E-state index contributed by atoms with van der Waals surface area (Å²) in [7, 11) is 3.18. The number of hydrogen-bond donors (Lipinski definition) is 3.